The maximum Gasteiger partial charge on any atom is 0.335 e. The van der Waals surface area contributed by atoms with Crippen LogP contribution in [0.15, 0.2) is 36.4 Å². The second-order valence-electron chi connectivity index (χ2n) is 4.09. The van der Waals surface area contributed by atoms with Crippen LogP contribution in [0.5, 0.6) is 0 Å². The maximum atomic E-state index is 11.7. The molecule has 1 aromatic carbocycles. The Bertz CT molecular complexity index is 468. The molecule has 0 aliphatic rings. The summed E-state index contributed by atoms with van der Waals surface area (Å²) in [7, 11) is 0. The van der Waals surface area contributed by atoms with Gasteiger partial charge in [-0.05, 0) is 19.4 Å². The molecular formula is C15H17ClO3. The molecule has 1 atom stereocenters. The molecule has 4 heteroatoms. The van der Waals surface area contributed by atoms with Crippen LogP contribution in [0.2, 0.25) is 0 Å². The van der Waals surface area contributed by atoms with Crippen molar-refractivity contribution in [3.05, 3.63) is 42.0 Å². The van der Waals surface area contributed by atoms with E-state index in [0.717, 1.165) is 5.56 Å². The summed E-state index contributed by atoms with van der Waals surface area (Å²) in [5.41, 5.74) is 0.980. The summed E-state index contributed by atoms with van der Waals surface area (Å²) in [6.45, 7) is 3.17. The van der Waals surface area contributed by atoms with Crippen molar-refractivity contribution in [1.29, 1.82) is 0 Å². The van der Waals surface area contributed by atoms with Crippen molar-refractivity contribution in [3.63, 3.8) is 0 Å². The van der Waals surface area contributed by atoms with Gasteiger partial charge < -0.3 is 4.74 Å². The Morgan fingerprint density at radius 1 is 1.32 bits per heavy atom. The first kappa shape index (κ1) is 15.4. The van der Waals surface area contributed by atoms with Crippen molar-refractivity contribution in [2.24, 2.45) is 0 Å². The zero-order valence-corrected chi connectivity index (χ0v) is 11.8. The van der Waals surface area contributed by atoms with Gasteiger partial charge in [0.25, 0.3) is 0 Å². The predicted molar refractivity (Wildman–Crippen MR) is 76.0 cm³/mol. The molecule has 0 aliphatic heterocycles. The molecule has 1 aromatic rings. The first-order chi connectivity index (χ1) is 9.00. The van der Waals surface area contributed by atoms with Gasteiger partial charge in [-0.25, -0.2) is 4.79 Å². The van der Waals surface area contributed by atoms with Gasteiger partial charge in [0.05, 0.1) is 6.61 Å². The third kappa shape index (κ3) is 4.21. The molecule has 0 bridgehead atoms. The number of rotatable bonds is 6. The van der Waals surface area contributed by atoms with E-state index in [1.54, 1.807) is 13.0 Å². The van der Waals surface area contributed by atoms with E-state index < -0.39 is 16.6 Å². The molecule has 0 N–H and O–H groups in total. The van der Waals surface area contributed by atoms with Crippen LogP contribution in [0, 0.1) is 0 Å². The number of allylic oxidation sites excluding steroid dienone is 1. The monoisotopic (exact) mass is 280 g/mol. The summed E-state index contributed by atoms with van der Waals surface area (Å²) in [6.07, 6.45) is 3.64. The lowest BCUT2D eigenvalue weighted by Gasteiger charge is -2.20. The van der Waals surface area contributed by atoms with Crippen LogP contribution in [-0.2, 0) is 14.3 Å². The lowest BCUT2D eigenvalue weighted by molar-refractivity contribution is -0.149. The molecule has 0 aliphatic carbocycles. The van der Waals surface area contributed by atoms with Gasteiger partial charge in [0.15, 0.2) is 5.78 Å². The lowest BCUT2D eigenvalue weighted by Crippen LogP contribution is -2.40. The molecule has 19 heavy (non-hydrogen) atoms. The van der Waals surface area contributed by atoms with Gasteiger partial charge in [-0.1, -0.05) is 54.1 Å². The summed E-state index contributed by atoms with van der Waals surface area (Å²) in [5.74, 6) is -1.10. The Hall–Kier alpha value is -1.61. The minimum absolute atomic E-state index is 0.109. The summed E-state index contributed by atoms with van der Waals surface area (Å²) in [5, 5.41) is 0. The van der Waals surface area contributed by atoms with E-state index in [1.165, 1.54) is 6.92 Å². The molecule has 0 saturated heterocycles. The zero-order chi connectivity index (χ0) is 14.3. The second kappa shape index (κ2) is 7.10. The molecule has 102 valence electrons. The van der Waals surface area contributed by atoms with Gasteiger partial charge in [-0.15, -0.1) is 0 Å². The third-order valence-electron chi connectivity index (χ3n) is 2.67. The normalized spacial score (nSPS) is 14.1. The Balaban J connectivity index is 2.77. The van der Waals surface area contributed by atoms with Gasteiger partial charge in [0.1, 0.15) is 0 Å². The number of Topliss-reactive ketones (excluding diaryl/α,β-unsaturated/α-hetero) is 1. The van der Waals surface area contributed by atoms with E-state index in [0.29, 0.717) is 0 Å². The van der Waals surface area contributed by atoms with E-state index in [1.807, 2.05) is 36.4 Å². The highest BCUT2D eigenvalue weighted by molar-refractivity contribution is 6.45. The molecule has 1 unspecified atom stereocenters. The number of hydrogen-bond acceptors (Lipinski definition) is 3. The minimum atomic E-state index is -1.62. The molecule has 0 heterocycles. The Morgan fingerprint density at radius 2 is 1.95 bits per heavy atom. The molecule has 0 fully saturated rings. The van der Waals surface area contributed by atoms with Crippen LogP contribution in [0.4, 0.5) is 0 Å². The predicted octanol–water partition coefficient (Wildman–Crippen LogP) is 3.22. The molecule has 0 radical (unpaired) electrons. The third-order valence-corrected chi connectivity index (χ3v) is 3.24. The van der Waals surface area contributed by atoms with Gasteiger partial charge in [-0.3, -0.25) is 4.79 Å². The van der Waals surface area contributed by atoms with Crippen LogP contribution < -0.4 is 0 Å². The maximum absolute atomic E-state index is 11.7. The van der Waals surface area contributed by atoms with Crippen LogP contribution >= 0.6 is 11.6 Å². The topological polar surface area (TPSA) is 43.4 Å². The first-order valence-electron chi connectivity index (χ1n) is 6.09. The van der Waals surface area contributed by atoms with E-state index in [4.69, 9.17) is 16.3 Å². The summed E-state index contributed by atoms with van der Waals surface area (Å²) >= 11 is 6.09. The summed E-state index contributed by atoms with van der Waals surface area (Å²) < 4.78 is 4.85. The van der Waals surface area contributed by atoms with Crippen LogP contribution in [-0.4, -0.2) is 23.2 Å². The first-order valence-corrected chi connectivity index (χ1v) is 6.47. The zero-order valence-electron chi connectivity index (χ0n) is 11.1. The molecule has 0 spiro atoms. The van der Waals surface area contributed by atoms with Crippen molar-refractivity contribution in [2.75, 3.05) is 6.61 Å². The number of benzene rings is 1. The number of carbonyl (C=O) groups excluding carboxylic acids is 2. The van der Waals surface area contributed by atoms with E-state index in [9.17, 15) is 9.59 Å². The van der Waals surface area contributed by atoms with Gasteiger partial charge >= 0.3 is 5.97 Å². The number of carbonyl (C=O) groups is 2. The molecule has 1 rings (SSSR count). The molecular weight excluding hydrogens is 264 g/mol. The van der Waals surface area contributed by atoms with Crippen LogP contribution in [0.25, 0.3) is 6.08 Å². The summed E-state index contributed by atoms with van der Waals surface area (Å²) in [6, 6.07) is 9.57. The average molecular weight is 281 g/mol. The van der Waals surface area contributed by atoms with Crippen LogP contribution in [0.3, 0.4) is 0 Å². The van der Waals surface area contributed by atoms with Crippen molar-refractivity contribution >= 4 is 29.4 Å². The number of alkyl halides is 1. The van der Waals surface area contributed by atoms with Gasteiger partial charge in [0, 0.05) is 6.42 Å². The number of hydrogen-bond donors (Lipinski definition) is 0. The van der Waals surface area contributed by atoms with Crippen molar-refractivity contribution in [1.82, 2.24) is 0 Å². The highest BCUT2D eigenvalue weighted by atomic mass is 35.5. The average Bonchev–Trinajstić information content (AvgIpc) is 2.39. The fourth-order valence-electron chi connectivity index (χ4n) is 1.54. The number of esters is 1. The molecule has 3 nitrogen and oxygen atoms in total. The number of ether oxygens (including phenoxy) is 1. The van der Waals surface area contributed by atoms with Gasteiger partial charge in [-0.2, -0.15) is 0 Å². The van der Waals surface area contributed by atoms with E-state index in [2.05, 4.69) is 0 Å². The second-order valence-corrected chi connectivity index (χ2v) is 4.74. The largest absolute Gasteiger partial charge is 0.464 e. The van der Waals surface area contributed by atoms with Crippen molar-refractivity contribution < 1.29 is 14.3 Å². The van der Waals surface area contributed by atoms with Crippen molar-refractivity contribution in [2.45, 2.75) is 25.1 Å². The van der Waals surface area contributed by atoms with Crippen LogP contribution in [0.1, 0.15) is 25.8 Å². The molecule has 0 aromatic heterocycles. The fourth-order valence-corrected chi connectivity index (χ4v) is 1.68. The fraction of sp³-hybridized carbons (Fsp3) is 0.333. The highest BCUT2D eigenvalue weighted by Crippen LogP contribution is 2.24. The Morgan fingerprint density at radius 3 is 2.47 bits per heavy atom. The quantitative estimate of drug-likeness (QED) is 0.456. The van der Waals surface area contributed by atoms with Crippen molar-refractivity contribution in [3.8, 4) is 0 Å². The Kier molecular flexibility index (Phi) is 5.77. The molecule has 0 amide bonds. The number of halogens is 1. The van der Waals surface area contributed by atoms with Gasteiger partial charge in [0.2, 0.25) is 4.87 Å². The lowest BCUT2D eigenvalue weighted by atomic mass is 9.99. The standard InChI is InChI=1S/C15H17ClO3/c1-3-19-14(18)15(16,12(2)17)11-7-10-13-8-5-4-6-9-13/h4-10H,3,11H2,1-2H3/b10-7+. The molecule has 0 saturated carbocycles. The highest BCUT2D eigenvalue weighted by Gasteiger charge is 2.41. The minimum Gasteiger partial charge on any atom is -0.464 e. The Labute approximate surface area is 118 Å². The smallest absolute Gasteiger partial charge is 0.335 e. The SMILES string of the molecule is CCOC(=O)C(Cl)(C/C=C/c1ccccc1)C(C)=O. The van der Waals surface area contributed by atoms with E-state index >= 15 is 0 Å². The number of ketones is 1. The van der Waals surface area contributed by atoms with E-state index in [-0.39, 0.29) is 13.0 Å². The summed E-state index contributed by atoms with van der Waals surface area (Å²) in [4.78, 5) is 21.7.